The van der Waals surface area contributed by atoms with Gasteiger partial charge in [0, 0.05) is 30.1 Å². The van der Waals surface area contributed by atoms with E-state index < -0.39 is 0 Å². The van der Waals surface area contributed by atoms with Crippen molar-refractivity contribution in [2.45, 2.75) is 20.8 Å². The number of hydrogen-bond donors (Lipinski definition) is 0. The highest BCUT2D eigenvalue weighted by molar-refractivity contribution is 5.66. The second kappa shape index (κ2) is 8.10. The van der Waals surface area contributed by atoms with Crippen molar-refractivity contribution in [1.29, 1.82) is 0 Å². The molecule has 0 unspecified atom stereocenters. The quantitative estimate of drug-likeness (QED) is 0.462. The standard InChI is InChI=1S/C22H23N5O4/c1-12-7-15(11-23-10-12)21-25-22(19-13(2)24-14(3)27(19)26-21)31-16-8-17(28-4)20(30-6)18(9-16)29-5/h7-11H,1-6H3. The molecule has 0 aliphatic carbocycles. The number of fused-ring (bicyclic) bond motifs is 1. The number of aryl methyl sites for hydroxylation is 3. The molecule has 31 heavy (non-hydrogen) atoms. The van der Waals surface area contributed by atoms with Crippen LogP contribution in [0.1, 0.15) is 17.1 Å². The Morgan fingerprint density at radius 1 is 0.839 bits per heavy atom. The van der Waals surface area contributed by atoms with Gasteiger partial charge in [0.2, 0.25) is 11.6 Å². The van der Waals surface area contributed by atoms with E-state index in [0.717, 1.165) is 22.6 Å². The molecule has 0 aliphatic heterocycles. The predicted octanol–water partition coefficient (Wildman–Crippen LogP) is 3.93. The maximum atomic E-state index is 6.21. The van der Waals surface area contributed by atoms with Crippen LogP contribution < -0.4 is 18.9 Å². The van der Waals surface area contributed by atoms with E-state index in [9.17, 15) is 0 Å². The fourth-order valence-corrected chi connectivity index (χ4v) is 3.39. The fraction of sp³-hybridized carbons (Fsp3) is 0.273. The van der Waals surface area contributed by atoms with Crippen LogP contribution in [0.5, 0.6) is 28.9 Å². The number of pyridine rings is 1. The lowest BCUT2D eigenvalue weighted by atomic mass is 10.2. The minimum Gasteiger partial charge on any atom is -0.493 e. The van der Waals surface area contributed by atoms with E-state index >= 15 is 0 Å². The van der Waals surface area contributed by atoms with Gasteiger partial charge in [-0.3, -0.25) is 4.98 Å². The Bertz CT molecular complexity index is 1240. The summed E-state index contributed by atoms with van der Waals surface area (Å²) in [4.78, 5) is 13.5. The molecule has 0 radical (unpaired) electrons. The number of imidazole rings is 1. The average Bonchev–Trinajstić information content (AvgIpc) is 3.06. The number of methoxy groups -OCH3 is 3. The van der Waals surface area contributed by atoms with Gasteiger partial charge in [0.05, 0.1) is 27.0 Å². The van der Waals surface area contributed by atoms with E-state index in [2.05, 4.69) is 20.1 Å². The zero-order chi connectivity index (χ0) is 22.1. The Morgan fingerprint density at radius 3 is 2.16 bits per heavy atom. The van der Waals surface area contributed by atoms with Crippen LogP contribution in [0, 0.1) is 20.8 Å². The van der Waals surface area contributed by atoms with Crippen LogP contribution in [0.25, 0.3) is 16.9 Å². The molecular formula is C22H23N5O4. The third-order valence-corrected chi connectivity index (χ3v) is 4.78. The van der Waals surface area contributed by atoms with Crippen LogP contribution in [0.3, 0.4) is 0 Å². The largest absolute Gasteiger partial charge is 0.493 e. The van der Waals surface area contributed by atoms with Crippen LogP contribution >= 0.6 is 0 Å². The van der Waals surface area contributed by atoms with Crippen molar-refractivity contribution in [3.05, 3.63) is 47.7 Å². The molecule has 0 saturated carbocycles. The smallest absolute Gasteiger partial charge is 0.249 e. The van der Waals surface area contributed by atoms with Gasteiger partial charge in [-0.1, -0.05) is 0 Å². The first kappa shape index (κ1) is 20.4. The highest BCUT2D eigenvalue weighted by Crippen LogP contribution is 2.42. The molecule has 0 saturated heterocycles. The number of nitrogens with zero attached hydrogens (tertiary/aromatic N) is 5. The van der Waals surface area contributed by atoms with Gasteiger partial charge in [-0.15, -0.1) is 5.10 Å². The minimum atomic E-state index is 0.360. The van der Waals surface area contributed by atoms with E-state index in [1.54, 1.807) is 50.4 Å². The van der Waals surface area contributed by atoms with Crippen molar-refractivity contribution in [2.75, 3.05) is 21.3 Å². The van der Waals surface area contributed by atoms with E-state index in [-0.39, 0.29) is 0 Å². The normalized spacial score (nSPS) is 10.9. The molecule has 0 aliphatic rings. The van der Waals surface area contributed by atoms with Crippen LogP contribution in [0.4, 0.5) is 0 Å². The molecule has 0 spiro atoms. The van der Waals surface area contributed by atoms with Gasteiger partial charge in [-0.2, -0.15) is 4.98 Å². The fourth-order valence-electron chi connectivity index (χ4n) is 3.39. The second-order valence-corrected chi connectivity index (χ2v) is 6.96. The summed E-state index contributed by atoms with van der Waals surface area (Å²) in [7, 11) is 4.66. The number of hydrogen-bond acceptors (Lipinski definition) is 8. The maximum absolute atomic E-state index is 6.21. The van der Waals surface area contributed by atoms with Crippen LogP contribution in [-0.4, -0.2) is 45.9 Å². The first-order chi connectivity index (χ1) is 14.9. The number of rotatable bonds is 6. The van der Waals surface area contributed by atoms with Gasteiger partial charge in [0.1, 0.15) is 11.6 Å². The zero-order valence-electron chi connectivity index (χ0n) is 18.3. The van der Waals surface area contributed by atoms with Crippen molar-refractivity contribution in [2.24, 2.45) is 0 Å². The molecular weight excluding hydrogens is 398 g/mol. The molecule has 0 bridgehead atoms. The van der Waals surface area contributed by atoms with Gasteiger partial charge < -0.3 is 18.9 Å². The van der Waals surface area contributed by atoms with Crippen LogP contribution in [0.2, 0.25) is 0 Å². The van der Waals surface area contributed by atoms with Crippen molar-refractivity contribution in [3.63, 3.8) is 0 Å². The molecule has 4 rings (SSSR count). The number of ether oxygens (including phenoxy) is 4. The Morgan fingerprint density at radius 2 is 1.55 bits per heavy atom. The van der Waals surface area contributed by atoms with Gasteiger partial charge in [-0.05, 0) is 32.4 Å². The topological polar surface area (TPSA) is 92.9 Å². The van der Waals surface area contributed by atoms with Gasteiger partial charge in [-0.25, -0.2) is 9.50 Å². The lowest BCUT2D eigenvalue weighted by Crippen LogP contribution is -2.04. The minimum absolute atomic E-state index is 0.360. The lowest BCUT2D eigenvalue weighted by Gasteiger charge is -2.15. The van der Waals surface area contributed by atoms with E-state index in [1.165, 1.54) is 0 Å². The predicted molar refractivity (Wildman–Crippen MR) is 114 cm³/mol. The van der Waals surface area contributed by atoms with Gasteiger partial charge >= 0.3 is 0 Å². The summed E-state index contributed by atoms with van der Waals surface area (Å²) in [5, 5.41) is 4.66. The molecule has 0 fully saturated rings. The number of aromatic nitrogens is 5. The average molecular weight is 421 g/mol. The summed E-state index contributed by atoms with van der Waals surface area (Å²) in [6, 6.07) is 5.40. The van der Waals surface area contributed by atoms with Crippen molar-refractivity contribution >= 4 is 5.52 Å². The lowest BCUT2D eigenvalue weighted by molar-refractivity contribution is 0.320. The molecule has 0 N–H and O–H groups in total. The maximum Gasteiger partial charge on any atom is 0.249 e. The van der Waals surface area contributed by atoms with Gasteiger partial charge in [0.15, 0.2) is 22.8 Å². The Labute approximate surface area is 179 Å². The molecule has 9 nitrogen and oxygen atoms in total. The summed E-state index contributed by atoms with van der Waals surface area (Å²) in [6.45, 7) is 5.74. The second-order valence-electron chi connectivity index (χ2n) is 6.96. The zero-order valence-corrected chi connectivity index (χ0v) is 18.3. The summed E-state index contributed by atoms with van der Waals surface area (Å²) >= 11 is 0. The Hall–Kier alpha value is -3.88. The summed E-state index contributed by atoms with van der Waals surface area (Å²) in [5.74, 6) is 3.48. The highest BCUT2D eigenvalue weighted by Gasteiger charge is 2.20. The summed E-state index contributed by atoms with van der Waals surface area (Å²) in [5.41, 5.74) is 3.22. The summed E-state index contributed by atoms with van der Waals surface area (Å²) < 4.78 is 24.2. The van der Waals surface area contributed by atoms with E-state index in [4.69, 9.17) is 18.9 Å². The van der Waals surface area contributed by atoms with Gasteiger partial charge in [0.25, 0.3) is 0 Å². The highest BCUT2D eigenvalue weighted by atomic mass is 16.5. The van der Waals surface area contributed by atoms with Crippen LogP contribution in [-0.2, 0) is 0 Å². The Kier molecular flexibility index (Phi) is 5.33. The third-order valence-electron chi connectivity index (χ3n) is 4.78. The molecule has 0 amide bonds. The first-order valence-electron chi connectivity index (χ1n) is 9.59. The summed E-state index contributed by atoms with van der Waals surface area (Å²) in [6.07, 6.45) is 3.50. The van der Waals surface area contributed by atoms with E-state index in [0.29, 0.717) is 40.2 Å². The first-order valence-corrected chi connectivity index (χ1v) is 9.59. The Balaban J connectivity index is 1.89. The number of benzene rings is 1. The van der Waals surface area contributed by atoms with Crippen molar-refractivity contribution in [1.82, 2.24) is 24.6 Å². The third kappa shape index (κ3) is 3.70. The molecule has 0 atom stereocenters. The molecule has 1 aromatic carbocycles. The molecule has 3 heterocycles. The molecule has 3 aromatic heterocycles. The van der Waals surface area contributed by atoms with E-state index in [1.807, 2.05) is 26.8 Å². The SMILES string of the molecule is COc1cc(Oc2nc(-c3cncc(C)c3)nn3c(C)nc(C)c23)cc(OC)c1OC. The molecule has 4 aromatic rings. The monoisotopic (exact) mass is 421 g/mol. The van der Waals surface area contributed by atoms with Crippen molar-refractivity contribution < 1.29 is 18.9 Å². The van der Waals surface area contributed by atoms with Crippen molar-refractivity contribution in [3.8, 4) is 40.3 Å². The molecule has 160 valence electrons. The van der Waals surface area contributed by atoms with Crippen LogP contribution in [0.15, 0.2) is 30.6 Å². The molecule has 9 heteroatoms.